The van der Waals surface area contributed by atoms with Gasteiger partial charge in [0.05, 0.1) is 19.8 Å². The Morgan fingerprint density at radius 3 is 2.43 bits per heavy atom. The maximum Gasteiger partial charge on any atom is 0.157 e. The molecular weight excluding hydrogens is 264 g/mol. The molecule has 0 aromatic heterocycles. The van der Waals surface area contributed by atoms with Gasteiger partial charge in [-0.25, -0.2) is 0 Å². The van der Waals surface area contributed by atoms with E-state index in [4.69, 9.17) is 14.2 Å². The largest absolute Gasteiger partial charge is 0.494 e. The van der Waals surface area contributed by atoms with Crippen LogP contribution in [0.2, 0.25) is 0 Å². The Morgan fingerprint density at radius 2 is 1.76 bits per heavy atom. The zero-order chi connectivity index (χ0) is 14.9. The SMILES string of the molecule is CCCCC1COC(CCCOc2ccc(C)cc2)OC1. The summed E-state index contributed by atoms with van der Waals surface area (Å²) >= 11 is 0. The molecule has 3 nitrogen and oxygen atoms in total. The van der Waals surface area contributed by atoms with Crippen LogP contribution >= 0.6 is 0 Å². The van der Waals surface area contributed by atoms with Gasteiger partial charge in [-0.2, -0.15) is 0 Å². The zero-order valence-electron chi connectivity index (χ0n) is 13.3. The first-order chi connectivity index (χ1) is 10.3. The fourth-order valence-electron chi connectivity index (χ4n) is 2.48. The summed E-state index contributed by atoms with van der Waals surface area (Å²) in [5, 5.41) is 0. The highest BCUT2D eigenvalue weighted by atomic mass is 16.7. The van der Waals surface area contributed by atoms with Crippen molar-refractivity contribution in [1.82, 2.24) is 0 Å². The van der Waals surface area contributed by atoms with Crippen LogP contribution in [0, 0.1) is 12.8 Å². The third kappa shape index (κ3) is 6.06. The first-order valence-electron chi connectivity index (χ1n) is 8.20. The van der Waals surface area contributed by atoms with Crippen molar-refractivity contribution >= 4 is 0 Å². The summed E-state index contributed by atoms with van der Waals surface area (Å²) in [6.07, 6.45) is 5.57. The van der Waals surface area contributed by atoms with E-state index < -0.39 is 0 Å². The number of benzene rings is 1. The van der Waals surface area contributed by atoms with Crippen molar-refractivity contribution in [2.24, 2.45) is 5.92 Å². The van der Waals surface area contributed by atoms with E-state index in [0.29, 0.717) is 12.5 Å². The van der Waals surface area contributed by atoms with Gasteiger partial charge in [-0.15, -0.1) is 0 Å². The Labute approximate surface area is 128 Å². The minimum Gasteiger partial charge on any atom is -0.494 e. The molecule has 1 saturated heterocycles. The first kappa shape index (κ1) is 16.3. The predicted octanol–water partition coefficient (Wildman–Crippen LogP) is 4.33. The van der Waals surface area contributed by atoms with Crippen LogP contribution in [0.1, 0.15) is 44.6 Å². The summed E-state index contributed by atoms with van der Waals surface area (Å²) in [6.45, 7) is 6.72. The second-order valence-corrected chi connectivity index (χ2v) is 5.91. The summed E-state index contributed by atoms with van der Waals surface area (Å²) in [5.74, 6) is 1.52. The van der Waals surface area contributed by atoms with Gasteiger partial charge in [-0.1, -0.05) is 37.5 Å². The lowest BCUT2D eigenvalue weighted by Gasteiger charge is -2.29. The van der Waals surface area contributed by atoms with E-state index >= 15 is 0 Å². The maximum absolute atomic E-state index is 5.78. The smallest absolute Gasteiger partial charge is 0.157 e. The van der Waals surface area contributed by atoms with Gasteiger partial charge >= 0.3 is 0 Å². The van der Waals surface area contributed by atoms with Crippen LogP contribution in [0.15, 0.2) is 24.3 Å². The number of ether oxygens (including phenoxy) is 3. The fourth-order valence-corrected chi connectivity index (χ4v) is 2.48. The lowest BCUT2D eigenvalue weighted by atomic mass is 10.0. The van der Waals surface area contributed by atoms with E-state index in [9.17, 15) is 0 Å². The molecule has 1 aromatic carbocycles. The highest BCUT2D eigenvalue weighted by molar-refractivity contribution is 5.26. The third-order valence-electron chi connectivity index (χ3n) is 3.88. The summed E-state index contributed by atoms with van der Waals surface area (Å²) in [5.41, 5.74) is 1.25. The minimum atomic E-state index is -0.0375. The van der Waals surface area contributed by atoms with Crippen LogP contribution in [-0.2, 0) is 9.47 Å². The van der Waals surface area contributed by atoms with Crippen LogP contribution in [-0.4, -0.2) is 26.1 Å². The quantitative estimate of drug-likeness (QED) is 0.667. The van der Waals surface area contributed by atoms with Crippen molar-refractivity contribution in [2.45, 2.75) is 52.2 Å². The van der Waals surface area contributed by atoms with Crippen LogP contribution in [0.5, 0.6) is 5.75 Å². The van der Waals surface area contributed by atoms with Gasteiger partial charge in [0.25, 0.3) is 0 Å². The van der Waals surface area contributed by atoms with Crippen molar-refractivity contribution in [1.29, 1.82) is 0 Å². The van der Waals surface area contributed by atoms with E-state index in [0.717, 1.165) is 31.8 Å². The monoisotopic (exact) mass is 292 g/mol. The highest BCUT2D eigenvalue weighted by Crippen LogP contribution is 2.19. The summed E-state index contributed by atoms with van der Waals surface area (Å²) in [7, 11) is 0. The topological polar surface area (TPSA) is 27.7 Å². The van der Waals surface area contributed by atoms with Crippen molar-refractivity contribution in [3.8, 4) is 5.75 Å². The van der Waals surface area contributed by atoms with Crippen molar-refractivity contribution in [2.75, 3.05) is 19.8 Å². The first-order valence-corrected chi connectivity index (χ1v) is 8.20. The molecule has 1 aromatic rings. The Hall–Kier alpha value is -1.06. The molecule has 3 heteroatoms. The summed E-state index contributed by atoms with van der Waals surface area (Å²) < 4.78 is 17.3. The van der Waals surface area contributed by atoms with Crippen molar-refractivity contribution in [3.05, 3.63) is 29.8 Å². The van der Waals surface area contributed by atoms with Gasteiger partial charge in [0.15, 0.2) is 6.29 Å². The molecule has 0 saturated carbocycles. The average molecular weight is 292 g/mol. The molecule has 0 atom stereocenters. The number of aryl methyl sites for hydroxylation is 1. The van der Waals surface area contributed by atoms with Crippen LogP contribution < -0.4 is 4.74 Å². The van der Waals surface area contributed by atoms with Gasteiger partial charge in [-0.3, -0.25) is 0 Å². The molecule has 0 aliphatic carbocycles. The Bertz CT molecular complexity index is 380. The number of unbranched alkanes of at least 4 members (excludes halogenated alkanes) is 1. The average Bonchev–Trinajstić information content (AvgIpc) is 2.52. The summed E-state index contributed by atoms with van der Waals surface area (Å²) in [6, 6.07) is 8.17. The number of hydrogen-bond acceptors (Lipinski definition) is 3. The van der Waals surface area contributed by atoms with Gasteiger partial charge in [0.1, 0.15) is 5.75 Å². The molecule has 0 unspecified atom stereocenters. The van der Waals surface area contributed by atoms with Crippen molar-refractivity contribution < 1.29 is 14.2 Å². The predicted molar refractivity (Wildman–Crippen MR) is 84.6 cm³/mol. The van der Waals surface area contributed by atoms with E-state index in [1.165, 1.54) is 24.8 Å². The second kappa shape index (κ2) is 9.06. The normalized spacial score (nSPS) is 22.2. The fraction of sp³-hybridized carbons (Fsp3) is 0.667. The standard InChI is InChI=1S/C18H28O3/c1-3-4-6-16-13-20-18(21-14-16)7-5-12-19-17-10-8-15(2)9-11-17/h8-11,16,18H,3-7,12-14H2,1-2H3. The third-order valence-corrected chi connectivity index (χ3v) is 3.88. The van der Waals surface area contributed by atoms with Crippen LogP contribution in [0.25, 0.3) is 0 Å². The lowest BCUT2D eigenvalue weighted by Crippen LogP contribution is -2.32. The number of hydrogen-bond donors (Lipinski definition) is 0. The minimum absolute atomic E-state index is 0.0375. The second-order valence-electron chi connectivity index (χ2n) is 5.91. The zero-order valence-corrected chi connectivity index (χ0v) is 13.3. The summed E-state index contributed by atoms with van der Waals surface area (Å²) in [4.78, 5) is 0. The van der Waals surface area contributed by atoms with Crippen LogP contribution in [0.4, 0.5) is 0 Å². The molecule has 1 fully saturated rings. The van der Waals surface area contributed by atoms with E-state index in [-0.39, 0.29) is 6.29 Å². The molecule has 1 aliphatic heterocycles. The molecule has 0 bridgehead atoms. The lowest BCUT2D eigenvalue weighted by molar-refractivity contribution is -0.204. The Balaban J connectivity index is 1.54. The molecule has 0 amide bonds. The Kier molecular flexibility index (Phi) is 7.04. The molecule has 0 spiro atoms. The van der Waals surface area contributed by atoms with Gasteiger partial charge in [0, 0.05) is 12.3 Å². The van der Waals surface area contributed by atoms with Crippen molar-refractivity contribution in [3.63, 3.8) is 0 Å². The molecule has 1 aliphatic rings. The molecule has 0 radical (unpaired) electrons. The van der Waals surface area contributed by atoms with Gasteiger partial charge in [-0.05, 0) is 31.9 Å². The van der Waals surface area contributed by atoms with Gasteiger partial charge < -0.3 is 14.2 Å². The Morgan fingerprint density at radius 1 is 1.05 bits per heavy atom. The molecule has 0 N–H and O–H groups in total. The van der Waals surface area contributed by atoms with Gasteiger partial charge in [0.2, 0.25) is 0 Å². The van der Waals surface area contributed by atoms with E-state index in [1.54, 1.807) is 0 Å². The molecule has 1 heterocycles. The molecular formula is C18H28O3. The van der Waals surface area contributed by atoms with E-state index in [2.05, 4.69) is 26.0 Å². The highest BCUT2D eigenvalue weighted by Gasteiger charge is 2.21. The molecule has 2 rings (SSSR count). The van der Waals surface area contributed by atoms with Crippen LogP contribution in [0.3, 0.4) is 0 Å². The van der Waals surface area contributed by atoms with E-state index in [1.807, 2.05) is 12.1 Å². The maximum atomic E-state index is 5.78. The number of rotatable bonds is 8. The molecule has 21 heavy (non-hydrogen) atoms. The molecule has 118 valence electrons.